The van der Waals surface area contributed by atoms with E-state index in [2.05, 4.69) is 42.6 Å². The van der Waals surface area contributed by atoms with Gasteiger partial charge in [0.25, 0.3) is 0 Å². The topological polar surface area (TPSA) is 21.3 Å². The average Bonchev–Trinajstić information content (AvgIpc) is 3.28. The lowest BCUT2D eigenvalue weighted by molar-refractivity contribution is 0.114. The van der Waals surface area contributed by atoms with E-state index in [-0.39, 0.29) is 0 Å². The van der Waals surface area contributed by atoms with Gasteiger partial charge in [0, 0.05) is 18.4 Å². The molecule has 3 heteroatoms. The molecule has 1 heterocycles. The van der Waals surface area contributed by atoms with Gasteiger partial charge in [-0.3, -0.25) is 5.32 Å². The monoisotopic (exact) mass is 447 g/mol. The van der Waals surface area contributed by atoms with Crippen LogP contribution >= 0.6 is 11.8 Å². The quantitative estimate of drug-likeness (QED) is 0.202. The van der Waals surface area contributed by atoms with Crippen molar-refractivity contribution in [3.63, 3.8) is 0 Å². The van der Waals surface area contributed by atoms with Crippen molar-refractivity contribution in [3.05, 3.63) is 35.9 Å². The second-order valence-corrected chi connectivity index (χ2v) is 10.5. The highest BCUT2D eigenvalue weighted by Gasteiger charge is 2.25. The summed E-state index contributed by atoms with van der Waals surface area (Å²) < 4.78 is 5.95. The van der Waals surface area contributed by atoms with Gasteiger partial charge in [-0.25, -0.2) is 0 Å². The van der Waals surface area contributed by atoms with Crippen LogP contribution in [0.15, 0.2) is 30.3 Å². The van der Waals surface area contributed by atoms with Crippen LogP contribution in [0.2, 0.25) is 0 Å². The lowest BCUT2D eigenvalue weighted by Gasteiger charge is -2.14. The van der Waals surface area contributed by atoms with Gasteiger partial charge in [-0.05, 0) is 12.0 Å². The number of thioether (sulfide) groups is 1. The minimum Gasteiger partial charge on any atom is -0.380 e. The molecule has 2 atom stereocenters. The molecule has 1 aliphatic heterocycles. The van der Waals surface area contributed by atoms with Crippen molar-refractivity contribution in [1.82, 2.24) is 5.32 Å². The zero-order valence-electron chi connectivity index (χ0n) is 20.3. The van der Waals surface area contributed by atoms with Gasteiger partial charge < -0.3 is 4.74 Å². The molecule has 2 rings (SSSR count). The molecular weight excluding hydrogens is 398 g/mol. The van der Waals surface area contributed by atoms with Crippen LogP contribution in [-0.4, -0.2) is 25.0 Å². The van der Waals surface area contributed by atoms with E-state index in [0.29, 0.717) is 11.4 Å². The third-order valence-corrected chi connectivity index (χ3v) is 7.75. The van der Waals surface area contributed by atoms with Crippen molar-refractivity contribution in [2.24, 2.45) is 0 Å². The van der Waals surface area contributed by atoms with Crippen LogP contribution in [0, 0.1) is 0 Å². The highest BCUT2D eigenvalue weighted by Crippen LogP contribution is 2.32. The van der Waals surface area contributed by atoms with Gasteiger partial charge in [0.2, 0.25) is 0 Å². The van der Waals surface area contributed by atoms with E-state index in [4.69, 9.17) is 4.74 Å². The minimum absolute atomic E-state index is 0.436. The molecule has 1 fully saturated rings. The van der Waals surface area contributed by atoms with Crippen LogP contribution in [0.1, 0.15) is 121 Å². The minimum atomic E-state index is 0.436. The molecule has 0 amide bonds. The fourth-order valence-electron chi connectivity index (χ4n) is 4.42. The summed E-state index contributed by atoms with van der Waals surface area (Å²) in [6.07, 6.45) is 22.7. The third kappa shape index (κ3) is 13.6. The first kappa shape index (κ1) is 26.7. The average molecular weight is 448 g/mol. The molecule has 31 heavy (non-hydrogen) atoms. The molecule has 0 radical (unpaired) electrons. The number of ether oxygens (including phenoxy) is 1. The number of nitrogens with one attached hydrogen (secondary N) is 1. The van der Waals surface area contributed by atoms with Gasteiger partial charge >= 0.3 is 0 Å². The first-order valence-corrected chi connectivity index (χ1v) is 14.5. The largest absolute Gasteiger partial charge is 0.380 e. The van der Waals surface area contributed by atoms with Crippen LogP contribution < -0.4 is 5.32 Å². The molecule has 1 aromatic carbocycles. The Morgan fingerprint density at radius 1 is 0.742 bits per heavy atom. The van der Waals surface area contributed by atoms with E-state index in [1.807, 2.05) is 11.8 Å². The van der Waals surface area contributed by atoms with Gasteiger partial charge in [0.05, 0.1) is 12.0 Å². The predicted octanol–water partition coefficient (Wildman–Crippen LogP) is 8.67. The summed E-state index contributed by atoms with van der Waals surface area (Å²) >= 11 is 2.00. The molecule has 1 N–H and O–H groups in total. The number of unbranched alkanes of at least 4 members (excludes halogenated alkanes) is 15. The van der Waals surface area contributed by atoms with E-state index in [1.54, 1.807) is 0 Å². The predicted molar refractivity (Wildman–Crippen MR) is 139 cm³/mol. The normalized spacial score (nSPS) is 18.6. The SMILES string of the molecule is CCCCCCCCCCCCCCCCCCOCC1CSC(c2ccccc2)N1. The molecule has 2 unspecified atom stereocenters. The molecule has 178 valence electrons. The number of benzene rings is 1. The van der Waals surface area contributed by atoms with Crippen LogP contribution in [0.25, 0.3) is 0 Å². The van der Waals surface area contributed by atoms with Gasteiger partial charge in [-0.1, -0.05) is 134 Å². The Kier molecular flexibility index (Phi) is 16.4. The highest BCUT2D eigenvalue weighted by molar-refractivity contribution is 7.99. The maximum atomic E-state index is 5.95. The Labute approximate surface area is 197 Å². The molecule has 1 aliphatic rings. The van der Waals surface area contributed by atoms with Gasteiger partial charge in [0.15, 0.2) is 0 Å². The van der Waals surface area contributed by atoms with Crippen LogP contribution in [0.5, 0.6) is 0 Å². The van der Waals surface area contributed by atoms with Crippen molar-refractivity contribution in [2.45, 2.75) is 121 Å². The highest BCUT2D eigenvalue weighted by atomic mass is 32.2. The Morgan fingerprint density at radius 3 is 1.81 bits per heavy atom. The Balaban J connectivity index is 1.27. The smallest absolute Gasteiger partial charge is 0.0793 e. The Bertz CT molecular complexity index is 509. The summed E-state index contributed by atoms with van der Waals surface area (Å²) in [5, 5.41) is 4.14. The fourth-order valence-corrected chi connectivity index (χ4v) is 5.67. The third-order valence-electron chi connectivity index (χ3n) is 6.41. The summed E-state index contributed by atoms with van der Waals surface area (Å²) in [6, 6.07) is 11.3. The molecule has 0 aromatic heterocycles. The van der Waals surface area contributed by atoms with Crippen molar-refractivity contribution in [3.8, 4) is 0 Å². The molecule has 0 saturated carbocycles. The molecular formula is C28H49NOS. The van der Waals surface area contributed by atoms with E-state index < -0.39 is 0 Å². The fraction of sp³-hybridized carbons (Fsp3) is 0.786. The molecule has 2 nitrogen and oxygen atoms in total. The zero-order valence-corrected chi connectivity index (χ0v) is 21.1. The summed E-state index contributed by atoms with van der Waals surface area (Å²) in [4.78, 5) is 0. The maximum absolute atomic E-state index is 5.95. The van der Waals surface area contributed by atoms with Crippen molar-refractivity contribution in [2.75, 3.05) is 19.0 Å². The lowest BCUT2D eigenvalue weighted by atomic mass is 10.0. The molecule has 0 aliphatic carbocycles. The van der Waals surface area contributed by atoms with Gasteiger partial charge in [0.1, 0.15) is 0 Å². The van der Waals surface area contributed by atoms with Crippen LogP contribution in [0.3, 0.4) is 0 Å². The van der Waals surface area contributed by atoms with Crippen molar-refractivity contribution >= 4 is 11.8 Å². The maximum Gasteiger partial charge on any atom is 0.0793 e. The van der Waals surface area contributed by atoms with Crippen LogP contribution in [-0.2, 0) is 4.74 Å². The van der Waals surface area contributed by atoms with Crippen molar-refractivity contribution in [1.29, 1.82) is 0 Å². The zero-order chi connectivity index (χ0) is 21.8. The van der Waals surface area contributed by atoms with E-state index >= 15 is 0 Å². The lowest BCUT2D eigenvalue weighted by Crippen LogP contribution is -2.30. The summed E-state index contributed by atoms with van der Waals surface area (Å²) in [5.74, 6) is 1.15. The Morgan fingerprint density at radius 2 is 1.26 bits per heavy atom. The summed E-state index contributed by atoms with van der Waals surface area (Å²) in [5.41, 5.74) is 1.38. The summed E-state index contributed by atoms with van der Waals surface area (Å²) in [6.45, 7) is 4.08. The molecule has 0 spiro atoms. The van der Waals surface area contributed by atoms with Gasteiger partial charge in [-0.2, -0.15) is 0 Å². The molecule has 0 bridgehead atoms. The summed E-state index contributed by atoms with van der Waals surface area (Å²) in [7, 11) is 0. The second kappa shape index (κ2) is 19.0. The Hall–Kier alpha value is -0.510. The number of hydrogen-bond donors (Lipinski definition) is 1. The standard InChI is InChI=1S/C28H49NOS/c1-2-3-4-5-6-7-8-9-10-11-12-13-14-15-16-20-23-30-24-27-25-31-28(29-27)26-21-18-17-19-22-26/h17-19,21-22,27-29H,2-16,20,23-25H2,1H3. The molecule has 1 saturated heterocycles. The van der Waals surface area contributed by atoms with Crippen LogP contribution in [0.4, 0.5) is 0 Å². The van der Waals surface area contributed by atoms with E-state index in [9.17, 15) is 0 Å². The number of hydrogen-bond acceptors (Lipinski definition) is 3. The van der Waals surface area contributed by atoms with Crippen molar-refractivity contribution < 1.29 is 4.74 Å². The van der Waals surface area contributed by atoms with E-state index in [0.717, 1.165) is 19.0 Å². The molecule has 1 aromatic rings. The van der Waals surface area contributed by atoms with Gasteiger partial charge in [-0.15, -0.1) is 11.8 Å². The first-order chi connectivity index (χ1) is 15.4. The number of rotatable bonds is 20. The first-order valence-electron chi connectivity index (χ1n) is 13.4. The second-order valence-electron chi connectivity index (χ2n) is 9.37. The van der Waals surface area contributed by atoms with E-state index in [1.165, 1.54) is 108 Å².